The number of hydrogen-bond acceptors (Lipinski definition) is 9. The fourth-order valence-electron chi connectivity index (χ4n) is 6.25. The lowest BCUT2D eigenvalue weighted by molar-refractivity contribution is -0.753. The Kier molecular flexibility index (Phi) is 11.2. The molecule has 1 atom stereocenters. The van der Waals surface area contributed by atoms with E-state index in [1.165, 1.54) is 29.1 Å². The average molecular weight is 686 g/mol. The molecule has 13 nitrogen and oxygen atoms in total. The van der Waals surface area contributed by atoms with Crippen molar-refractivity contribution in [2.45, 2.75) is 65.4 Å². The Morgan fingerprint density at radius 3 is 2.40 bits per heavy atom. The highest BCUT2D eigenvalue weighted by Crippen LogP contribution is 2.31. The molecule has 0 bridgehead atoms. The van der Waals surface area contributed by atoms with Crippen molar-refractivity contribution in [3.8, 4) is 22.5 Å². The number of rotatable bonds is 14. The van der Waals surface area contributed by atoms with E-state index in [9.17, 15) is 18.8 Å². The molecule has 1 aromatic carbocycles. The molecule has 0 saturated carbocycles. The van der Waals surface area contributed by atoms with Crippen LogP contribution in [-0.2, 0) is 33.9 Å². The number of halogens is 1. The van der Waals surface area contributed by atoms with Crippen LogP contribution in [0.3, 0.4) is 0 Å². The lowest BCUT2D eigenvalue weighted by atomic mass is 10.1. The largest absolute Gasteiger partial charge is 0.403 e. The number of aromatic nitrogens is 7. The predicted molar refractivity (Wildman–Crippen MR) is 184 cm³/mol. The first kappa shape index (κ1) is 34.8. The molecule has 1 aliphatic heterocycles. The Labute approximate surface area is 288 Å². The standard InChI is InChI=1S/C36H42FN8O5/c1-3-15-44-34-32(38-13-14-39-34)35(47)45(36(44)48)18-4-6-30(46)50-26(2)42-19-11-28(12-20-42)33-31(27-7-9-29(37)10-8-27)40-25-43(33)17-5-16-41-21-23-49-24-22-41/h7-14,19-20,25-26H,3-6,15-18,21-24H2,1-2H3/q+1. The van der Waals surface area contributed by atoms with E-state index in [2.05, 4.69) is 19.4 Å². The highest BCUT2D eigenvalue weighted by atomic mass is 19.1. The van der Waals surface area contributed by atoms with Gasteiger partial charge >= 0.3 is 17.9 Å². The number of nitrogens with zero attached hydrogens (tertiary/aromatic N) is 8. The molecule has 0 spiro atoms. The van der Waals surface area contributed by atoms with E-state index in [0.717, 1.165) is 72.9 Å². The van der Waals surface area contributed by atoms with Crippen LogP contribution < -0.4 is 15.8 Å². The minimum absolute atomic E-state index is 0.0197. The summed E-state index contributed by atoms with van der Waals surface area (Å²) in [5.74, 6) is -0.759. The Morgan fingerprint density at radius 2 is 1.66 bits per heavy atom. The van der Waals surface area contributed by atoms with E-state index in [1.807, 2.05) is 37.8 Å². The number of aryl methyl sites for hydroxylation is 2. The third-order valence-corrected chi connectivity index (χ3v) is 8.83. The first-order valence-corrected chi connectivity index (χ1v) is 17.1. The van der Waals surface area contributed by atoms with Gasteiger partial charge in [-0.15, -0.1) is 0 Å². The number of morpholine rings is 1. The molecule has 0 amide bonds. The van der Waals surface area contributed by atoms with Gasteiger partial charge in [0.2, 0.25) is 0 Å². The van der Waals surface area contributed by atoms with Crippen molar-refractivity contribution in [3.05, 3.63) is 94.2 Å². The summed E-state index contributed by atoms with van der Waals surface area (Å²) in [5, 5.41) is 0. The van der Waals surface area contributed by atoms with E-state index in [1.54, 1.807) is 23.6 Å². The van der Waals surface area contributed by atoms with Gasteiger partial charge in [0.25, 0.3) is 5.56 Å². The third kappa shape index (κ3) is 7.87. The molecule has 4 aromatic heterocycles. The Morgan fingerprint density at radius 1 is 0.920 bits per heavy atom. The van der Waals surface area contributed by atoms with Gasteiger partial charge in [-0.3, -0.25) is 23.6 Å². The Hall–Kier alpha value is -5.08. The first-order valence-electron chi connectivity index (χ1n) is 17.1. The van der Waals surface area contributed by atoms with Crippen molar-refractivity contribution < 1.29 is 23.2 Å². The van der Waals surface area contributed by atoms with E-state index in [4.69, 9.17) is 14.5 Å². The molecule has 5 heterocycles. The number of imidazole rings is 1. The number of hydrogen-bond donors (Lipinski definition) is 0. The van der Waals surface area contributed by atoms with Gasteiger partial charge in [0.1, 0.15) is 5.82 Å². The lowest BCUT2D eigenvalue weighted by Gasteiger charge is -2.26. The number of fused-ring (bicyclic) bond motifs is 1. The van der Waals surface area contributed by atoms with Gasteiger partial charge in [0, 0.05) is 88.3 Å². The zero-order valence-electron chi connectivity index (χ0n) is 28.4. The summed E-state index contributed by atoms with van der Waals surface area (Å²) in [4.78, 5) is 54.4. The minimum atomic E-state index is -0.605. The van der Waals surface area contributed by atoms with E-state index in [0.29, 0.717) is 13.0 Å². The lowest BCUT2D eigenvalue weighted by Crippen LogP contribution is -2.41. The topological polar surface area (TPSA) is 130 Å². The fraction of sp³-hybridized carbons (Fsp3) is 0.417. The molecule has 1 saturated heterocycles. The maximum absolute atomic E-state index is 13.7. The van der Waals surface area contributed by atoms with Crippen LogP contribution in [0.4, 0.5) is 4.39 Å². The second-order valence-electron chi connectivity index (χ2n) is 12.3. The highest BCUT2D eigenvalue weighted by molar-refractivity contribution is 5.78. The number of pyridine rings is 1. The normalized spacial score (nSPS) is 14.2. The molecule has 5 aromatic rings. The van der Waals surface area contributed by atoms with Crippen molar-refractivity contribution in [1.82, 2.24) is 33.6 Å². The van der Waals surface area contributed by atoms with Crippen LogP contribution in [0.2, 0.25) is 0 Å². The molecule has 1 aliphatic rings. The molecule has 14 heteroatoms. The zero-order chi connectivity index (χ0) is 35.0. The minimum Gasteiger partial charge on any atom is -0.403 e. The predicted octanol–water partition coefficient (Wildman–Crippen LogP) is 3.58. The molecule has 262 valence electrons. The van der Waals surface area contributed by atoms with Gasteiger partial charge < -0.3 is 14.0 Å². The summed E-state index contributed by atoms with van der Waals surface area (Å²) in [6.07, 6.45) is 9.67. The molecule has 0 N–H and O–H groups in total. The third-order valence-electron chi connectivity index (χ3n) is 8.83. The first-order chi connectivity index (χ1) is 24.3. The summed E-state index contributed by atoms with van der Waals surface area (Å²) < 4.78 is 31.4. The summed E-state index contributed by atoms with van der Waals surface area (Å²) in [6, 6.07) is 10.2. The van der Waals surface area contributed by atoms with Gasteiger partial charge in [-0.25, -0.2) is 24.1 Å². The van der Waals surface area contributed by atoms with Crippen LogP contribution in [0.25, 0.3) is 33.7 Å². The Balaban J connectivity index is 1.12. The number of benzene rings is 1. The zero-order valence-corrected chi connectivity index (χ0v) is 28.4. The van der Waals surface area contributed by atoms with Crippen molar-refractivity contribution in [2.75, 3.05) is 32.8 Å². The quantitative estimate of drug-likeness (QED) is 0.127. The summed E-state index contributed by atoms with van der Waals surface area (Å²) in [5.41, 5.74) is 2.80. The number of carbonyl (C=O) groups is 1. The van der Waals surface area contributed by atoms with E-state index in [-0.39, 0.29) is 36.4 Å². The maximum Gasteiger partial charge on any atom is 0.332 e. The molecule has 0 radical (unpaired) electrons. The van der Waals surface area contributed by atoms with Gasteiger partial charge in [-0.2, -0.15) is 4.57 Å². The van der Waals surface area contributed by atoms with Crippen LogP contribution >= 0.6 is 0 Å². The van der Waals surface area contributed by atoms with E-state index >= 15 is 0 Å². The summed E-state index contributed by atoms with van der Waals surface area (Å²) in [7, 11) is 0. The molecule has 1 fully saturated rings. The second-order valence-corrected chi connectivity index (χ2v) is 12.3. The molecule has 0 aliphatic carbocycles. The second kappa shape index (κ2) is 16.1. The van der Waals surface area contributed by atoms with Gasteiger partial charge in [-0.1, -0.05) is 6.92 Å². The molecular weight excluding hydrogens is 643 g/mol. The molecule has 50 heavy (non-hydrogen) atoms. The Bertz CT molecular complexity index is 2040. The SMILES string of the molecule is CCCn1c(=O)n(CCCC(=O)OC(C)[n+]2ccc(-c3c(-c4ccc(F)cc4)ncn3CCCN3CCOCC3)cc2)c(=O)c2nccnc21. The smallest absolute Gasteiger partial charge is 0.332 e. The highest BCUT2D eigenvalue weighted by Gasteiger charge is 2.21. The maximum atomic E-state index is 13.7. The van der Waals surface area contributed by atoms with Gasteiger partial charge in [0.15, 0.2) is 23.6 Å². The van der Waals surface area contributed by atoms with Crippen molar-refractivity contribution in [2.24, 2.45) is 0 Å². The molecular formula is C36H42FN8O5+. The fourth-order valence-corrected chi connectivity index (χ4v) is 6.25. The van der Waals surface area contributed by atoms with Crippen molar-refractivity contribution in [1.29, 1.82) is 0 Å². The van der Waals surface area contributed by atoms with Crippen LogP contribution in [-0.4, -0.2) is 72.4 Å². The van der Waals surface area contributed by atoms with Crippen LogP contribution in [0.1, 0.15) is 45.8 Å². The number of ether oxygens (including phenoxy) is 2. The van der Waals surface area contributed by atoms with Gasteiger partial charge in [0.05, 0.1) is 30.9 Å². The van der Waals surface area contributed by atoms with Crippen LogP contribution in [0.15, 0.2) is 77.1 Å². The number of esters is 1. The van der Waals surface area contributed by atoms with Crippen molar-refractivity contribution >= 4 is 17.1 Å². The summed E-state index contributed by atoms with van der Waals surface area (Å²) >= 11 is 0. The van der Waals surface area contributed by atoms with E-state index < -0.39 is 23.4 Å². The van der Waals surface area contributed by atoms with Crippen LogP contribution in [0.5, 0.6) is 0 Å². The number of carbonyl (C=O) groups excluding carboxylic acids is 1. The summed E-state index contributed by atoms with van der Waals surface area (Å²) in [6.45, 7) is 9.24. The average Bonchev–Trinajstić information content (AvgIpc) is 3.56. The molecule has 6 rings (SSSR count). The van der Waals surface area contributed by atoms with Crippen molar-refractivity contribution in [3.63, 3.8) is 0 Å². The molecule has 1 unspecified atom stereocenters. The van der Waals surface area contributed by atoms with Gasteiger partial charge in [-0.05, 0) is 43.5 Å². The van der Waals surface area contributed by atoms with Crippen LogP contribution in [0, 0.1) is 5.82 Å². The monoisotopic (exact) mass is 685 g/mol.